The first-order chi connectivity index (χ1) is 17.2. The van der Waals surface area contributed by atoms with Crippen LogP contribution in [0.1, 0.15) is 5.56 Å². The fourth-order valence-corrected chi connectivity index (χ4v) is 3.91. The number of imidazole rings is 1. The van der Waals surface area contributed by atoms with Crippen LogP contribution in [0.4, 0.5) is 11.5 Å². The van der Waals surface area contributed by atoms with Crippen LogP contribution in [0.2, 0.25) is 0 Å². The van der Waals surface area contributed by atoms with Gasteiger partial charge in [0.05, 0.1) is 18.5 Å². The molecule has 0 radical (unpaired) electrons. The third-order valence-electron chi connectivity index (χ3n) is 5.84. The number of methoxy groups -OCH3 is 1. The van der Waals surface area contributed by atoms with Gasteiger partial charge in [-0.25, -0.2) is 19.3 Å². The first-order valence-electron chi connectivity index (χ1n) is 11.3. The number of fused-ring (bicyclic) bond motifs is 1. The highest BCUT2D eigenvalue weighted by Crippen LogP contribution is 2.27. The number of hydrogen-bond donors (Lipinski definition) is 1. The Morgan fingerprint density at radius 2 is 1.83 bits per heavy atom. The maximum atomic E-state index is 13.8. The number of carbonyl (C=O) groups excluding carboxylic acids is 1. The molecule has 10 nitrogen and oxygen atoms in total. The Bertz CT molecular complexity index is 1520. The van der Waals surface area contributed by atoms with Crippen molar-refractivity contribution in [2.45, 2.75) is 6.92 Å². The van der Waals surface area contributed by atoms with Crippen molar-refractivity contribution in [2.24, 2.45) is 0 Å². The van der Waals surface area contributed by atoms with Gasteiger partial charge in [-0.15, -0.1) is 0 Å². The fraction of sp³-hybridized carbons (Fsp3) is 0.231. The van der Waals surface area contributed by atoms with E-state index in [1.807, 2.05) is 38.1 Å². The van der Waals surface area contributed by atoms with Gasteiger partial charge >= 0.3 is 5.69 Å². The van der Waals surface area contributed by atoms with Crippen LogP contribution in [0.3, 0.4) is 0 Å². The lowest BCUT2D eigenvalue weighted by molar-refractivity contribution is -0.113. The minimum atomic E-state index is -0.375. The minimum Gasteiger partial charge on any atom is -0.496 e. The zero-order valence-corrected chi connectivity index (χ0v) is 21.0. The summed E-state index contributed by atoms with van der Waals surface area (Å²) in [6, 6.07) is 12.6. The van der Waals surface area contributed by atoms with Crippen molar-refractivity contribution < 1.29 is 9.53 Å². The molecule has 0 atom stereocenters. The number of anilines is 2. The largest absolute Gasteiger partial charge is 0.496 e. The Balaban J connectivity index is 1.85. The van der Waals surface area contributed by atoms with Gasteiger partial charge in [0.2, 0.25) is 5.91 Å². The smallest absolute Gasteiger partial charge is 0.339 e. The van der Waals surface area contributed by atoms with E-state index >= 15 is 0 Å². The number of amides is 1. The molecule has 0 spiro atoms. The summed E-state index contributed by atoms with van der Waals surface area (Å²) >= 11 is 0. The third-order valence-corrected chi connectivity index (χ3v) is 5.84. The number of nitrogens with zero attached hydrogens (tertiary/aromatic N) is 6. The highest BCUT2D eigenvalue weighted by atomic mass is 16.5. The van der Waals surface area contributed by atoms with Gasteiger partial charge in [0.1, 0.15) is 17.6 Å². The van der Waals surface area contributed by atoms with Gasteiger partial charge in [0, 0.05) is 31.4 Å². The lowest BCUT2D eigenvalue weighted by Crippen LogP contribution is -2.25. The highest BCUT2D eigenvalue weighted by Gasteiger charge is 2.21. The summed E-state index contributed by atoms with van der Waals surface area (Å²) in [5, 5.41) is 0. The van der Waals surface area contributed by atoms with E-state index in [9.17, 15) is 9.59 Å². The van der Waals surface area contributed by atoms with E-state index in [1.165, 1.54) is 26.4 Å². The van der Waals surface area contributed by atoms with E-state index < -0.39 is 0 Å². The molecule has 186 valence electrons. The average molecular weight is 488 g/mol. The zero-order chi connectivity index (χ0) is 26.0. The van der Waals surface area contributed by atoms with E-state index in [4.69, 9.17) is 10.5 Å². The molecular formula is C26H29N7O3. The molecule has 0 aliphatic carbocycles. The maximum absolute atomic E-state index is 13.8. The van der Waals surface area contributed by atoms with Crippen LogP contribution in [-0.4, -0.2) is 64.7 Å². The Hall–Kier alpha value is -4.44. The lowest BCUT2D eigenvalue weighted by Gasteiger charge is -2.16. The van der Waals surface area contributed by atoms with Crippen LogP contribution < -0.4 is 21.1 Å². The van der Waals surface area contributed by atoms with Crippen molar-refractivity contribution in [1.82, 2.24) is 24.0 Å². The van der Waals surface area contributed by atoms with E-state index in [-0.39, 0.29) is 17.4 Å². The van der Waals surface area contributed by atoms with Crippen molar-refractivity contribution in [1.29, 1.82) is 0 Å². The number of rotatable bonds is 7. The lowest BCUT2D eigenvalue weighted by atomic mass is 10.2. The molecule has 0 saturated carbocycles. The van der Waals surface area contributed by atoms with E-state index in [1.54, 1.807) is 50.6 Å². The number of ether oxygens (including phenoxy) is 1. The van der Waals surface area contributed by atoms with Crippen LogP contribution in [0, 0.1) is 6.92 Å². The van der Waals surface area contributed by atoms with Gasteiger partial charge < -0.3 is 20.3 Å². The first-order valence-corrected chi connectivity index (χ1v) is 11.3. The molecule has 2 aromatic heterocycles. The van der Waals surface area contributed by atoms with Crippen molar-refractivity contribution in [3.63, 3.8) is 0 Å². The predicted octanol–water partition coefficient (Wildman–Crippen LogP) is 2.55. The molecule has 4 aromatic rings. The molecule has 10 heteroatoms. The molecule has 0 fully saturated rings. The number of hydrogen-bond acceptors (Lipinski definition) is 7. The van der Waals surface area contributed by atoms with Gasteiger partial charge in [0.25, 0.3) is 0 Å². The number of carbonyl (C=O) groups is 1. The SMILES string of the molecule is COc1cc(-n2c(=O)n(-c3cccc(N(C)C(=O)/C=C/CN(C)C)c3)c3ncnc(N)c32)ccc1C. The summed E-state index contributed by atoms with van der Waals surface area (Å²) in [6.07, 6.45) is 4.66. The van der Waals surface area contributed by atoms with E-state index in [0.717, 1.165) is 5.56 Å². The Labute approximate surface area is 208 Å². The normalized spacial score (nSPS) is 11.5. The summed E-state index contributed by atoms with van der Waals surface area (Å²) < 4.78 is 8.39. The Morgan fingerprint density at radius 3 is 2.56 bits per heavy atom. The molecule has 0 aliphatic heterocycles. The van der Waals surface area contributed by atoms with E-state index in [0.29, 0.717) is 40.5 Å². The molecule has 2 N–H and O–H groups in total. The van der Waals surface area contributed by atoms with E-state index in [2.05, 4.69) is 9.97 Å². The fourth-order valence-electron chi connectivity index (χ4n) is 3.91. The average Bonchev–Trinajstić information content (AvgIpc) is 3.16. The third kappa shape index (κ3) is 4.58. The quantitative estimate of drug-likeness (QED) is 0.399. The summed E-state index contributed by atoms with van der Waals surface area (Å²) in [5.41, 5.74) is 9.25. The number of likely N-dealkylation sites (N-methyl/N-ethyl adjacent to an activating group) is 2. The number of aryl methyl sites for hydroxylation is 1. The number of aromatic nitrogens is 4. The number of benzene rings is 2. The molecule has 1 amide bonds. The van der Waals surface area contributed by atoms with Crippen molar-refractivity contribution in [3.05, 3.63) is 77.0 Å². The number of nitrogens with two attached hydrogens (primary N) is 1. The van der Waals surface area contributed by atoms with Crippen molar-refractivity contribution in [3.8, 4) is 17.1 Å². The molecule has 36 heavy (non-hydrogen) atoms. The van der Waals surface area contributed by atoms with Crippen LogP contribution in [0.25, 0.3) is 22.5 Å². The molecule has 2 aromatic carbocycles. The summed E-state index contributed by atoms with van der Waals surface area (Å²) in [5.74, 6) is 0.632. The second kappa shape index (κ2) is 10.0. The zero-order valence-electron chi connectivity index (χ0n) is 21.0. The van der Waals surface area contributed by atoms with Gasteiger partial charge in [-0.2, -0.15) is 0 Å². The molecule has 0 saturated heterocycles. The molecule has 2 heterocycles. The van der Waals surface area contributed by atoms with Crippen LogP contribution >= 0.6 is 0 Å². The Morgan fingerprint density at radius 1 is 1.08 bits per heavy atom. The standard InChI is InChI=1S/C26H29N7O3/c1-17-11-12-20(15-21(17)36-5)32-23-24(27)28-16-29-25(23)33(26(32)35)19-9-6-8-18(14-19)31(4)22(34)10-7-13-30(2)3/h6-12,14-16H,13H2,1-5H3,(H2,27,28,29)/b10-7+. The molecule has 0 bridgehead atoms. The van der Waals surface area contributed by atoms with Crippen LogP contribution in [0.15, 0.2) is 65.7 Å². The van der Waals surface area contributed by atoms with Gasteiger partial charge in [-0.3, -0.25) is 9.36 Å². The second-order valence-corrected chi connectivity index (χ2v) is 8.62. The first kappa shape index (κ1) is 24.7. The predicted molar refractivity (Wildman–Crippen MR) is 141 cm³/mol. The summed E-state index contributed by atoms with van der Waals surface area (Å²) in [6.45, 7) is 2.57. The van der Waals surface area contributed by atoms with Gasteiger partial charge in [0.15, 0.2) is 11.5 Å². The molecule has 0 unspecified atom stereocenters. The monoisotopic (exact) mass is 487 g/mol. The second-order valence-electron chi connectivity index (χ2n) is 8.62. The maximum Gasteiger partial charge on any atom is 0.339 e. The van der Waals surface area contributed by atoms with Gasteiger partial charge in [-0.1, -0.05) is 18.2 Å². The van der Waals surface area contributed by atoms with Crippen LogP contribution in [0.5, 0.6) is 5.75 Å². The molecular weight excluding hydrogens is 458 g/mol. The summed E-state index contributed by atoms with van der Waals surface area (Å²) in [4.78, 5) is 38.5. The number of nitrogen functional groups attached to an aromatic ring is 1. The summed E-state index contributed by atoms with van der Waals surface area (Å²) in [7, 11) is 7.12. The Kier molecular flexibility index (Phi) is 6.89. The van der Waals surface area contributed by atoms with Gasteiger partial charge in [-0.05, 0) is 50.8 Å². The topological polar surface area (TPSA) is 112 Å². The highest BCUT2D eigenvalue weighted by molar-refractivity contribution is 6.01. The minimum absolute atomic E-state index is 0.171. The molecule has 0 aliphatic rings. The van der Waals surface area contributed by atoms with Crippen LogP contribution in [-0.2, 0) is 4.79 Å². The molecule has 4 rings (SSSR count). The van der Waals surface area contributed by atoms with Crippen molar-refractivity contribution >= 4 is 28.6 Å². The van der Waals surface area contributed by atoms with Crippen molar-refractivity contribution in [2.75, 3.05) is 45.4 Å².